The molecule has 0 fully saturated rings. The first-order chi connectivity index (χ1) is 10.6. The number of benzene rings is 2. The second kappa shape index (κ2) is 6.08. The van der Waals surface area contributed by atoms with Crippen molar-refractivity contribution in [2.45, 2.75) is 6.92 Å². The summed E-state index contributed by atoms with van der Waals surface area (Å²) in [6.45, 7) is 2.01. The molecule has 4 heteroatoms. The molecule has 0 saturated carbocycles. The largest absolute Gasteiger partial charge is 0.459 e. The Morgan fingerprint density at radius 2 is 1.86 bits per heavy atom. The van der Waals surface area contributed by atoms with E-state index in [2.05, 4.69) is 5.32 Å². The standard InChI is InChI=1S/C18H14ClNO2/c1-12-4-9-16(20-18(21)17-3-2-10-22-17)15(11-12)13-5-7-14(19)8-6-13/h2-11H,1H3,(H,20,21). The number of carbonyl (C=O) groups excluding carboxylic acids is 1. The van der Waals surface area contributed by atoms with Gasteiger partial charge in [0.05, 0.1) is 6.26 Å². The quantitative estimate of drug-likeness (QED) is 0.726. The molecular formula is C18H14ClNO2. The van der Waals surface area contributed by atoms with Gasteiger partial charge in [0.15, 0.2) is 5.76 Å². The fourth-order valence-corrected chi connectivity index (χ4v) is 2.35. The lowest BCUT2D eigenvalue weighted by Crippen LogP contribution is -2.11. The van der Waals surface area contributed by atoms with Crippen molar-refractivity contribution in [1.82, 2.24) is 0 Å². The summed E-state index contributed by atoms with van der Waals surface area (Å²) in [7, 11) is 0. The summed E-state index contributed by atoms with van der Waals surface area (Å²) in [4.78, 5) is 12.2. The van der Waals surface area contributed by atoms with Gasteiger partial charge in [0, 0.05) is 16.3 Å². The molecule has 1 amide bonds. The van der Waals surface area contributed by atoms with E-state index in [0.717, 1.165) is 22.4 Å². The van der Waals surface area contributed by atoms with E-state index in [0.29, 0.717) is 5.02 Å². The third-order valence-corrected chi connectivity index (χ3v) is 3.58. The van der Waals surface area contributed by atoms with Crippen molar-refractivity contribution in [3.63, 3.8) is 0 Å². The van der Waals surface area contributed by atoms with E-state index in [1.54, 1.807) is 12.1 Å². The number of anilines is 1. The van der Waals surface area contributed by atoms with Crippen LogP contribution in [0.1, 0.15) is 16.1 Å². The summed E-state index contributed by atoms with van der Waals surface area (Å²) in [5.74, 6) is 0.00620. The second-order valence-corrected chi connectivity index (χ2v) is 5.42. The molecule has 3 rings (SSSR count). The van der Waals surface area contributed by atoms with Crippen LogP contribution in [0.5, 0.6) is 0 Å². The highest BCUT2D eigenvalue weighted by Crippen LogP contribution is 2.30. The molecule has 0 aliphatic carbocycles. The van der Waals surface area contributed by atoms with E-state index in [-0.39, 0.29) is 11.7 Å². The molecule has 0 aliphatic heterocycles. The molecule has 0 unspecified atom stereocenters. The molecule has 1 aromatic heterocycles. The highest BCUT2D eigenvalue weighted by molar-refractivity contribution is 6.30. The number of hydrogen-bond donors (Lipinski definition) is 1. The fraction of sp³-hybridized carbons (Fsp3) is 0.0556. The van der Waals surface area contributed by atoms with Gasteiger partial charge in [0.1, 0.15) is 0 Å². The maximum Gasteiger partial charge on any atom is 0.291 e. The Hall–Kier alpha value is -2.52. The minimum atomic E-state index is -0.274. The zero-order valence-corrected chi connectivity index (χ0v) is 12.7. The molecule has 0 bridgehead atoms. The molecular weight excluding hydrogens is 298 g/mol. The number of nitrogens with one attached hydrogen (secondary N) is 1. The van der Waals surface area contributed by atoms with Gasteiger partial charge in [-0.15, -0.1) is 0 Å². The Kier molecular flexibility index (Phi) is 3.98. The molecule has 3 nitrogen and oxygen atoms in total. The van der Waals surface area contributed by atoms with Crippen molar-refractivity contribution in [2.75, 3.05) is 5.32 Å². The van der Waals surface area contributed by atoms with Crippen LogP contribution in [0, 0.1) is 6.92 Å². The highest BCUT2D eigenvalue weighted by Gasteiger charge is 2.12. The molecule has 0 radical (unpaired) electrons. The van der Waals surface area contributed by atoms with Gasteiger partial charge in [-0.1, -0.05) is 35.4 Å². The van der Waals surface area contributed by atoms with Crippen molar-refractivity contribution in [3.05, 3.63) is 77.2 Å². The predicted molar refractivity (Wildman–Crippen MR) is 88.3 cm³/mol. The van der Waals surface area contributed by atoms with Gasteiger partial charge in [-0.3, -0.25) is 4.79 Å². The van der Waals surface area contributed by atoms with Crippen LogP contribution in [0.3, 0.4) is 0 Å². The Balaban J connectivity index is 1.97. The second-order valence-electron chi connectivity index (χ2n) is 4.99. The van der Waals surface area contributed by atoms with Crippen LogP contribution in [0.25, 0.3) is 11.1 Å². The summed E-state index contributed by atoms with van der Waals surface area (Å²) >= 11 is 5.94. The SMILES string of the molecule is Cc1ccc(NC(=O)c2ccco2)c(-c2ccc(Cl)cc2)c1. The summed E-state index contributed by atoms with van der Waals surface area (Å²) in [5.41, 5.74) is 3.77. The number of carbonyl (C=O) groups is 1. The molecule has 0 spiro atoms. The third-order valence-electron chi connectivity index (χ3n) is 3.32. The molecule has 2 aromatic carbocycles. The lowest BCUT2D eigenvalue weighted by molar-refractivity contribution is 0.0996. The van der Waals surface area contributed by atoms with Crippen LogP contribution in [0.15, 0.2) is 65.3 Å². The number of hydrogen-bond acceptors (Lipinski definition) is 2. The number of aryl methyl sites for hydroxylation is 1. The normalized spacial score (nSPS) is 10.5. The van der Waals surface area contributed by atoms with Gasteiger partial charge < -0.3 is 9.73 Å². The Labute approximate surface area is 133 Å². The summed E-state index contributed by atoms with van der Waals surface area (Å²) in [5, 5.41) is 3.57. The van der Waals surface area contributed by atoms with Crippen LogP contribution in [-0.4, -0.2) is 5.91 Å². The first kappa shape index (κ1) is 14.4. The maximum atomic E-state index is 12.2. The minimum absolute atomic E-state index is 0.274. The monoisotopic (exact) mass is 311 g/mol. The van der Waals surface area contributed by atoms with E-state index < -0.39 is 0 Å². The Bertz CT molecular complexity index is 792. The average molecular weight is 312 g/mol. The van der Waals surface area contributed by atoms with Crippen LogP contribution in [-0.2, 0) is 0 Å². The number of halogens is 1. The summed E-state index contributed by atoms with van der Waals surface area (Å²) in [6, 6.07) is 16.7. The van der Waals surface area contributed by atoms with Gasteiger partial charge in [-0.2, -0.15) is 0 Å². The van der Waals surface area contributed by atoms with E-state index in [9.17, 15) is 4.79 Å². The van der Waals surface area contributed by atoms with Crippen molar-refractivity contribution in [1.29, 1.82) is 0 Å². The first-order valence-electron chi connectivity index (χ1n) is 6.85. The molecule has 0 saturated heterocycles. The summed E-state index contributed by atoms with van der Waals surface area (Å²) in [6.07, 6.45) is 1.48. The predicted octanol–water partition coefficient (Wildman–Crippen LogP) is 5.16. The van der Waals surface area contributed by atoms with Crippen LogP contribution >= 0.6 is 11.6 Å². The molecule has 3 aromatic rings. The lowest BCUT2D eigenvalue weighted by atomic mass is 10.0. The van der Waals surface area contributed by atoms with E-state index >= 15 is 0 Å². The average Bonchev–Trinajstić information content (AvgIpc) is 3.04. The number of rotatable bonds is 3. The van der Waals surface area contributed by atoms with Gasteiger partial charge in [-0.25, -0.2) is 0 Å². The van der Waals surface area contributed by atoms with Gasteiger partial charge >= 0.3 is 0 Å². The highest BCUT2D eigenvalue weighted by atomic mass is 35.5. The van der Waals surface area contributed by atoms with Crippen LogP contribution in [0.4, 0.5) is 5.69 Å². The van der Waals surface area contributed by atoms with E-state index in [4.69, 9.17) is 16.0 Å². The Morgan fingerprint density at radius 1 is 1.09 bits per heavy atom. The van der Waals surface area contributed by atoms with Gasteiger partial charge in [0.25, 0.3) is 5.91 Å². The molecule has 110 valence electrons. The zero-order chi connectivity index (χ0) is 15.5. The van der Waals surface area contributed by atoms with Gasteiger partial charge in [-0.05, 0) is 48.9 Å². The van der Waals surface area contributed by atoms with E-state index in [1.807, 2.05) is 49.4 Å². The van der Waals surface area contributed by atoms with Crippen molar-refractivity contribution < 1.29 is 9.21 Å². The van der Waals surface area contributed by atoms with Crippen molar-refractivity contribution in [3.8, 4) is 11.1 Å². The summed E-state index contributed by atoms with van der Waals surface area (Å²) < 4.78 is 5.12. The van der Waals surface area contributed by atoms with E-state index in [1.165, 1.54) is 6.26 Å². The molecule has 22 heavy (non-hydrogen) atoms. The minimum Gasteiger partial charge on any atom is -0.459 e. The van der Waals surface area contributed by atoms with Gasteiger partial charge in [0.2, 0.25) is 0 Å². The van der Waals surface area contributed by atoms with Crippen LogP contribution < -0.4 is 5.32 Å². The molecule has 0 aliphatic rings. The smallest absolute Gasteiger partial charge is 0.291 e. The van der Waals surface area contributed by atoms with Crippen LogP contribution in [0.2, 0.25) is 5.02 Å². The maximum absolute atomic E-state index is 12.2. The molecule has 1 heterocycles. The van der Waals surface area contributed by atoms with Crippen molar-refractivity contribution >= 4 is 23.2 Å². The zero-order valence-electron chi connectivity index (χ0n) is 12.0. The lowest BCUT2D eigenvalue weighted by Gasteiger charge is -2.12. The number of amides is 1. The topological polar surface area (TPSA) is 42.2 Å². The number of furan rings is 1. The fourth-order valence-electron chi connectivity index (χ4n) is 2.23. The first-order valence-corrected chi connectivity index (χ1v) is 7.23. The molecule has 0 atom stereocenters. The van der Waals surface area contributed by atoms with Crippen molar-refractivity contribution in [2.24, 2.45) is 0 Å². The molecule has 1 N–H and O–H groups in total. The Morgan fingerprint density at radius 3 is 2.55 bits per heavy atom. The third kappa shape index (κ3) is 3.05.